The van der Waals surface area contributed by atoms with Crippen molar-refractivity contribution in [3.05, 3.63) is 119 Å². The van der Waals surface area contributed by atoms with E-state index in [2.05, 4.69) is 108 Å². The van der Waals surface area contributed by atoms with Crippen molar-refractivity contribution in [2.75, 3.05) is 7.05 Å². The van der Waals surface area contributed by atoms with Gasteiger partial charge in [0.2, 0.25) is 0 Å². The second-order valence-electron chi connectivity index (χ2n) is 8.86. The van der Waals surface area contributed by atoms with Gasteiger partial charge in [-0.1, -0.05) is 97.1 Å². The highest BCUT2D eigenvalue weighted by Gasteiger charge is 2.13. The first-order chi connectivity index (χ1) is 16.3. The summed E-state index contributed by atoms with van der Waals surface area (Å²) in [6.07, 6.45) is 10.1. The molecule has 160 valence electrons. The highest BCUT2D eigenvalue weighted by molar-refractivity contribution is 6.11. The zero-order valence-corrected chi connectivity index (χ0v) is 18.9. The maximum Gasteiger partial charge on any atom is 0.0380 e. The molecule has 0 saturated carbocycles. The third-order valence-corrected chi connectivity index (χ3v) is 6.98. The van der Waals surface area contributed by atoms with Gasteiger partial charge in [-0.25, -0.2) is 0 Å². The average Bonchev–Trinajstić information content (AvgIpc) is 2.89. The average molecular weight is 426 g/mol. The molecule has 0 fully saturated rings. The van der Waals surface area contributed by atoms with Crippen molar-refractivity contribution in [1.82, 2.24) is 5.32 Å². The van der Waals surface area contributed by atoms with Crippen molar-refractivity contribution in [2.24, 2.45) is 0 Å². The van der Waals surface area contributed by atoms with Crippen LogP contribution >= 0.6 is 0 Å². The van der Waals surface area contributed by atoms with E-state index >= 15 is 0 Å². The van der Waals surface area contributed by atoms with Gasteiger partial charge in [-0.3, -0.25) is 0 Å². The Morgan fingerprint density at radius 3 is 2.30 bits per heavy atom. The van der Waals surface area contributed by atoms with Crippen LogP contribution in [0.5, 0.6) is 0 Å². The van der Waals surface area contributed by atoms with Gasteiger partial charge >= 0.3 is 0 Å². The van der Waals surface area contributed by atoms with E-state index in [1.54, 1.807) is 0 Å². The number of hydrogen-bond donors (Lipinski definition) is 1. The van der Waals surface area contributed by atoms with E-state index in [-0.39, 0.29) is 0 Å². The number of allylic oxidation sites excluding steroid dienone is 2. The Kier molecular flexibility index (Phi) is 4.96. The molecular formula is C32H27N. The van der Waals surface area contributed by atoms with Gasteiger partial charge in [0, 0.05) is 18.3 Å². The molecule has 0 atom stereocenters. The summed E-state index contributed by atoms with van der Waals surface area (Å²) in [5.74, 6) is 0. The van der Waals surface area contributed by atoms with Crippen LogP contribution in [0.15, 0.2) is 97.1 Å². The lowest BCUT2D eigenvalue weighted by molar-refractivity contribution is 0.985. The summed E-state index contributed by atoms with van der Waals surface area (Å²) in [5.41, 5.74) is 6.72. The van der Waals surface area contributed by atoms with Crippen LogP contribution in [0.4, 0.5) is 0 Å². The summed E-state index contributed by atoms with van der Waals surface area (Å²) in [6, 6.07) is 31.0. The van der Waals surface area contributed by atoms with Crippen LogP contribution in [0.3, 0.4) is 0 Å². The summed E-state index contributed by atoms with van der Waals surface area (Å²) >= 11 is 0. The quantitative estimate of drug-likeness (QED) is 0.288. The van der Waals surface area contributed by atoms with Crippen LogP contribution in [-0.2, 0) is 12.8 Å². The summed E-state index contributed by atoms with van der Waals surface area (Å²) in [7, 11) is 2.03. The van der Waals surface area contributed by atoms with Crippen LogP contribution in [0, 0.1) is 0 Å². The summed E-state index contributed by atoms with van der Waals surface area (Å²) in [4.78, 5) is 0. The first-order valence-electron chi connectivity index (χ1n) is 11.8. The molecule has 1 aliphatic carbocycles. The van der Waals surface area contributed by atoms with Gasteiger partial charge in [0.05, 0.1) is 0 Å². The lowest BCUT2D eigenvalue weighted by Gasteiger charge is -2.17. The molecule has 0 heterocycles. The summed E-state index contributed by atoms with van der Waals surface area (Å²) in [6.45, 7) is 0. The minimum Gasteiger partial charge on any atom is -0.388 e. The van der Waals surface area contributed by atoms with E-state index in [0.29, 0.717) is 0 Å². The Morgan fingerprint density at radius 1 is 0.788 bits per heavy atom. The first kappa shape index (κ1) is 19.8. The van der Waals surface area contributed by atoms with Gasteiger partial charge in [-0.2, -0.15) is 0 Å². The van der Waals surface area contributed by atoms with E-state index in [1.165, 1.54) is 60.3 Å². The molecular weight excluding hydrogens is 398 g/mol. The fraction of sp³-hybridized carbons (Fsp3) is 0.125. The Hall–Kier alpha value is -3.84. The molecule has 1 nitrogen and oxygen atoms in total. The van der Waals surface area contributed by atoms with Crippen molar-refractivity contribution < 1.29 is 0 Å². The van der Waals surface area contributed by atoms with Crippen molar-refractivity contribution in [3.8, 4) is 0 Å². The third kappa shape index (κ3) is 3.41. The lowest BCUT2D eigenvalue weighted by Crippen LogP contribution is -2.06. The summed E-state index contributed by atoms with van der Waals surface area (Å²) in [5, 5.41) is 11.4. The molecule has 0 unspecified atom stereocenters. The number of nitrogens with one attached hydrogen (secondary N) is 1. The number of benzene rings is 5. The molecule has 33 heavy (non-hydrogen) atoms. The highest BCUT2D eigenvalue weighted by atomic mass is 14.8. The molecule has 0 spiro atoms. The Bertz CT molecular complexity index is 1570. The van der Waals surface area contributed by atoms with Crippen molar-refractivity contribution in [2.45, 2.75) is 19.3 Å². The number of fused-ring (bicyclic) bond motifs is 6. The van der Waals surface area contributed by atoms with Crippen LogP contribution in [0.1, 0.15) is 28.7 Å². The monoisotopic (exact) mass is 425 g/mol. The van der Waals surface area contributed by atoms with Crippen molar-refractivity contribution in [1.29, 1.82) is 0 Å². The van der Waals surface area contributed by atoms with Gasteiger partial charge in [0.1, 0.15) is 0 Å². The van der Waals surface area contributed by atoms with Gasteiger partial charge < -0.3 is 5.32 Å². The molecule has 0 aromatic heterocycles. The number of aryl methyl sites for hydroxylation is 1. The smallest absolute Gasteiger partial charge is 0.0380 e. The Labute approximate surface area is 195 Å². The fourth-order valence-electron chi connectivity index (χ4n) is 5.39. The first-order valence-corrected chi connectivity index (χ1v) is 11.8. The van der Waals surface area contributed by atoms with Gasteiger partial charge in [0.15, 0.2) is 0 Å². The van der Waals surface area contributed by atoms with Crippen LogP contribution in [-0.4, -0.2) is 7.05 Å². The summed E-state index contributed by atoms with van der Waals surface area (Å²) < 4.78 is 0. The van der Waals surface area contributed by atoms with Crippen LogP contribution in [0.2, 0.25) is 0 Å². The largest absolute Gasteiger partial charge is 0.388 e. The lowest BCUT2D eigenvalue weighted by atomic mass is 9.88. The minimum atomic E-state index is 0.898. The van der Waals surface area contributed by atoms with Gasteiger partial charge in [-0.15, -0.1) is 0 Å². The molecule has 1 aliphatic rings. The normalized spacial score (nSPS) is 13.5. The molecule has 5 aromatic rings. The second-order valence-corrected chi connectivity index (χ2v) is 8.86. The van der Waals surface area contributed by atoms with Gasteiger partial charge in [0.25, 0.3) is 0 Å². The topological polar surface area (TPSA) is 12.0 Å². The highest BCUT2D eigenvalue weighted by Crippen LogP contribution is 2.34. The molecule has 1 heteroatoms. The molecule has 1 N–H and O–H groups in total. The minimum absolute atomic E-state index is 0.898. The van der Waals surface area contributed by atoms with Crippen LogP contribution < -0.4 is 5.32 Å². The molecule has 0 saturated heterocycles. The molecule has 6 rings (SSSR count). The van der Waals surface area contributed by atoms with Crippen molar-refractivity contribution in [3.63, 3.8) is 0 Å². The molecule has 0 bridgehead atoms. The zero-order chi connectivity index (χ0) is 22.2. The van der Waals surface area contributed by atoms with E-state index in [1.807, 2.05) is 7.05 Å². The number of hydrogen-bond acceptors (Lipinski definition) is 1. The molecule has 0 aliphatic heterocycles. The van der Waals surface area contributed by atoms with E-state index < -0.39 is 0 Å². The number of rotatable bonds is 4. The van der Waals surface area contributed by atoms with Gasteiger partial charge in [-0.05, 0) is 74.3 Å². The standard InChI is InChI=1S/C32H27N/c1-33-32(31-21-23-11-3-5-13-26(23)29-16-8-9-17-30(29)31)19-18-24-20-22-10-2-4-12-25(22)28-15-7-6-14-27(24)28/h3-9,11-17,19-21,33H,2,10,18H2,1H3/b32-19-. The Balaban J connectivity index is 1.50. The molecule has 5 aromatic carbocycles. The molecule has 0 radical (unpaired) electrons. The van der Waals surface area contributed by atoms with E-state index in [4.69, 9.17) is 0 Å². The Morgan fingerprint density at radius 2 is 1.48 bits per heavy atom. The predicted octanol–water partition coefficient (Wildman–Crippen LogP) is 7.91. The van der Waals surface area contributed by atoms with Crippen molar-refractivity contribution >= 4 is 44.1 Å². The fourth-order valence-corrected chi connectivity index (χ4v) is 5.39. The SMILES string of the molecule is CN/C(=C\Cc1cc2c(c3ccccc13)C=CCC2)c1cc2ccccc2c2ccccc12. The third-order valence-electron chi connectivity index (χ3n) is 6.98. The maximum atomic E-state index is 3.51. The molecule has 0 amide bonds. The van der Waals surface area contributed by atoms with Crippen LogP contribution in [0.25, 0.3) is 44.1 Å². The maximum absolute atomic E-state index is 3.51. The van der Waals surface area contributed by atoms with E-state index in [0.717, 1.165) is 19.3 Å². The predicted molar refractivity (Wildman–Crippen MR) is 143 cm³/mol. The zero-order valence-electron chi connectivity index (χ0n) is 18.9. The van der Waals surface area contributed by atoms with E-state index in [9.17, 15) is 0 Å². The second kappa shape index (κ2) is 8.26.